The van der Waals surface area contributed by atoms with Crippen LogP contribution in [-0.2, 0) is 9.53 Å². The van der Waals surface area contributed by atoms with Crippen molar-refractivity contribution in [1.29, 1.82) is 0 Å². The van der Waals surface area contributed by atoms with E-state index in [-0.39, 0.29) is 5.97 Å². The van der Waals surface area contributed by atoms with Crippen molar-refractivity contribution in [2.24, 2.45) is 9.98 Å². The summed E-state index contributed by atoms with van der Waals surface area (Å²) in [5.74, 6) is 1.27. The highest BCUT2D eigenvalue weighted by atomic mass is 16.5. The van der Waals surface area contributed by atoms with Crippen molar-refractivity contribution in [3.63, 3.8) is 0 Å². The molecule has 0 radical (unpaired) electrons. The second-order valence-corrected chi connectivity index (χ2v) is 3.70. The molecule has 0 N–H and O–H groups in total. The molecule has 0 atom stereocenters. The van der Waals surface area contributed by atoms with Crippen molar-refractivity contribution in [1.82, 2.24) is 4.90 Å². The van der Waals surface area contributed by atoms with Crippen molar-refractivity contribution in [2.45, 2.75) is 20.8 Å². The summed E-state index contributed by atoms with van der Waals surface area (Å²) in [4.78, 5) is 22.5. The zero-order chi connectivity index (χ0) is 11.7. The monoisotopic (exact) mass is 221 g/mol. The van der Waals surface area contributed by atoms with Gasteiger partial charge in [-0.25, -0.2) is 9.79 Å². The number of amidine groups is 2. The van der Waals surface area contributed by atoms with E-state index in [0.29, 0.717) is 30.3 Å². The molecule has 0 aromatic rings. The van der Waals surface area contributed by atoms with E-state index >= 15 is 0 Å². The molecule has 0 aliphatic carbocycles. The van der Waals surface area contributed by atoms with E-state index in [9.17, 15) is 4.79 Å². The summed E-state index contributed by atoms with van der Waals surface area (Å²) in [6.45, 7) is 7.39. The number of hydrogen-bond acceptors (Lipinski definition) is 5. The van der Waals surface area contributed by atoms with Crippen molar-refractivity contribution in [3.8, 4) is 0 Å². The molecule has 5 nitrogen and oxygen atoms in total. The topological polar surface area (TPSA) is 54.3 Å². The Bertz CT molecular complexity index is 421. The SMILES string of the molecule is CCOC(=O)C1=C(C)N=C(C)N2CCN=C12. The fourth-order valence-corrected chi connectivity index (χ4v) is 1.94. The Hall–Kier alpha value is -1.65. The Morgan fingerprint density at radius 3 is 2.94 bits per heavy atom. The van der Waals surface area contributed by atoms with Crippen LogP contribution in [0.2, 0.25) is 0 Å². The molecule has 5 heteroatoms. The van der Waals surface area contributed by atoms with Gasteiger partial charge < -0.3 is 9.64 Å². The van der Waals surface area contributed by atoms with Crippen LogP contribution in [0.3, 0.4) is 0 Å². The minimum atomic E-state index is -0.332. The maximum Gasteiger partial charge on any atom is 0.343 e. The molecule has 86 valence electrons. The lowest BCUT2D eigenvalue weighted by molar-refractivity contribution is -0.138. The Labute approximate surface area is 94.5 Å². The van der Waals surface area contributed by atoms with Gasteiger partial charge in [-0.05, 0) is 20.8 Å². The number of hydrogen-bond donors (Lipinski definition) is 0. The first-order valence-electron chi connectivity index (χ1n) is 5.40. The van der Waals surface area contributed by atoms with Crippen molar-refractivity contribution in [2.75, 3.05) is 19.7 Å². The molecule has 0 saturated heterocycles. The van der Waals surface area contributed by atoms with Gasteiger partial charge >= 0.3 is 5.97 Å². The van der Waals surface area contributed by atoms with Gasteiger partial charge in [-0.3, -0.25) is 4.99 Å². The lowest BCUT2D eigenvalue weighted by atomic mass is 10.1. The van der Waals surface area contributed by atoms with Crippen LogP contribution in [0.1, 0.15) is 20.8 Å². The summed E-state index contributed by atoms with van der Waals surface area (Å²) in [6.07, 6.45) is 0. The average Bonchev–Trinajstić information content (AvgIpc) is 2.66. The summed E-state index contributed by atoms with van der Waals surface area (Å²) in [5, 5.41) is 0. The van der Waals surface area contributed by atoms with Crippen LogP contribution in [0.25, 0.3) is 0 Å². The number of allylic oxidation sites excluding steroid dienone is 1. The fraction of sp³-hybridized carbons (Fsp3) is 0.545. The summed E-state index contributed by atoms with van der Waals surface area (Å²) >= 11 is 0. The van der Waals surface area contributed by atoms with Crippen molar-refractivity contribution in [3.05, 3.63) is 11.3 Å². The van der Waals surface area contributed by atoms with E-state index < -0.39 is 0 Å². The molecule has 0 spiro atoms. The number of nitrogens with zero attached hydrogens (tertiary/aromatic N) is 3. The molecule has 0 fully saturated rings. The Morgan fingerprint density at radius 1 is 1.50 bits per heavy atom. The second kappa shape index (κ2) is 4.08. The molecule has 0 saturated carbocycles. The molecule has 0 amide bonds. The molecular formula is C11H15N3O2. The van der Waals surface area contributed by atoms with E-state index in [1.165, 1.54) is 0 Å². The van der Waals surface area contributed by atoms with E-state index in [0.717, 1.165) is 12.4 Å². The number of rotatable bonds is 2. The third kappa shape index (κ3) is 1.62. The van der Waals surface area contributed by atoms with Crippen LogP contribution >= 0.6 is 0 Å². The van der Waals surface area contributed by atoms with Crippen LogP contribution in [-0.4, -0.2) is 42.2 Å². The van der Waals surface area contributed by atoms with Crippen LogP contribution < -0.4 is 0 Å². The zero-order valence-corrected chi connectivity index (χ0v) is 9.78. The smallest absolute Gasteiger partial charge is 0.343 e. The van der Waals surface area contributed by atoms with E-state index in [4.69, 9.17) is 4.74 Å². The van der Waals surface area contributed by atoms with Gasteiger partial charge in [-0.15, -0.1) is 0 Å². The first-order chi connectivity index (χ1) is 7.65. The molecule has 0 unspecified atom stereocenters. The molecule has 0 aromatic carbocycles. The van der Waals surface area contributed by atoms with Gasteiger partial charge in [0.2, 0.25) is 0 Å². The number of ether oxygens (including phenoxy) is 1. The van der Waals surface area contributed by atoms with Crippen LogP contribution in [0.15, 0.2) is 21.3 Å². The van der Waals surface area contributed by atoms with Crippen LogP contribution in [0.5, 0.6) is 0 Å². The lowest BCUT2D eigenvalue weighted by Crippen LogP contribution is -2.39. The van der Waals surface area contributed by atoms with Gasteiger partial charge in [0.15, 0.2) is 0 Å². The predicted molar refractivity (Wildman–Crippen MR) is 61.5 cm³/mol. The van der Waals surface area contributed by atoms with Gasteiger partial charge in [0.05, 0.1) is 18.8 Å². The molecule has 2 aliphatic heterocycles. The van der Waals surface area contributed by atoms with E-state index in [1.807, 2.05) is 18.7 Å². The number of carbonyl (C=O) groups is 1. The van der Waals surface area contributed by atoms with Gasteiger partial charge in [-0.1, -0.05) is 0 Å². The maximum absolute atomic E-state index is 11.8. The quantitative estimate of drug-likeness (QED) is 0.653. The molecule has 2 heterocycles. The number of esters is 1. The summed E-state index contributed by atoms with van der Waals surface area (Å²) < 4.78 is 5.02. The molecule has 2 rings (SSSR count). The highest BCUT2D eigenvalue weighted by molar-refractivity contribution is 6.25. The van der Waals surface area contributed by atoms with E-state index in [2.05, 4.69) is 9.98 Å². The highest BCUT2D eigenvalue weighted by Gasteiger charge is 2.32. The molecular weight excluding hydrogens is 206 g/mol. The van der Waals surface area contributed by atoms with Crippen molar-refractivity contribution >= 4 is 17.6 Å². The summed E-state index contributed by atoms with van der Waals surface area (Å²) in [7, 11) is 0. The lowest BCUT2D eigenvalue weighted by Gasteiger charge is -2.25. The Kier molecular flexibility index (Phi) is 2.77. The van der Waals surface area contributed by atoms with Gasteiger partial charge in [0, 0.05) is 6.54 Å². The van der Waals surface area contributed by atoms with E-state index in [1.54, 1.807) is 6.92 Å². The zero-order valence-electron chi connectivity index (χ0n) is 9.78. The summed E-state index contributed by atoms with van der Waals surface area (Å²) in [6, 6.07) is 0. The van der Waals surface area contributed by atoms with Crippen LogP contribution in [0, 0.1) is 0 Å². The fourth-order valence-electron chi connectivity index (χ4n) is 1.94. The first kappa shape index (κ1) is 10.9. The molecule has 0 aromatic heterocycles. The second-order valence-electron chi connectivity index (χ2n) is 3.70. The average molecular weight is 221 g/mol. The normalized spacial score (nSPS) is 19.3. The van der Waals surface area contributed by atoms with Crippen molar-refractivity contribution < 1.29 is 9.53 Å². The number of aliphatic imine (C=N–C) groups is 2. The first-order valence-corrected chi connectivity index (χ1v) is 5.40. The predicted octanol–water partition coefficient (Wildman–Crippen LogP) is 0.970. The molecule has 2 aliphatic rings. The van der Waals surface area contributed by atoms with Crippen LogP contribution in [0.4, 0.5) is 0 Å². The number of carbonyl (C=O) groups excluding carboxylic acids is 1. The maximum atomic E-state index is 11.8. The number of fused-ring (bicyclic) bond motifs is 1. The Balaban J connectivity index is 2.40. The standard InChI is InChI=1S/C11H15N3O2/c1-4-16-11(15)9-7(2)13-8(3)14-6-5-12-10(9)14/h4-6H2,1-3H3. The van der Waals surface area contributed by atoms with Gasteiger partial charge in [0.25, 0.3) is 0 Å². The highest BCUT2D eigenvalue weighted by Crippen LogP contribution is 2.22. The molecule has 16 heavy (non-hydrogen) atoms. The third-order valence-corrected chi connectivity index (χ3v) is 2.63. The minimum Gasteiger partial charge on any atom is -0.462 e. The summed E-state index contributed by atoms with van der Waals surface area (Å²) in [5.41, 5.74) is 1.19. The molecule has 0 bridgehead atoms. The van der Waals surface area contributed by atoms with Gasteiger partial charge in [0.1, 0.15) is 17.2 Å². The Morgan fingerprint density at radius 2 is 2.25 bits per heavy atom. The minimum absolute atomic E-state index is 0.332. The third-order valence-electron chi connectivity index (χ3n) is 2.63. The largest absolute Gasteiger partial charge is 0.462 e. The van der Waals surface area contributed by atoms with Gasteiger partial charge in [-0.2, -0.15) is 0 Å².